The highest BCUT2D eigenvalue weighted by molar-refractivity contribution is 6.17. The van der Waals surface area contributed by atoms with Crippen LogP contribution in [0.1, 0.15) is 11.1 Å². The number of rotatable bonds is 4. The molecule has 88 valence electrons. The van der Waals surface area contributed by atoms with Gasteiger partial charge in [-0.3, -0.25) is 4.98 Å². The van der Waals surface area contributed by atoms with Gasteiger partial charge in [0.2, 0.25) is 5.95 Å². The van der Waals surface area contributed by atoms with Gasteiger partial charge in [0.15, 0.2) is 0 Å². The van der Waals surface area contributed by atoms with Crippen LogP contribution in [0, 0.1) is 0 Å². The predicted octanol–water partition coefficient (Wildman–Crippen LogP) is 2.25. The second-order valence-corrected chi connectivity index (χ2v) is 4.00. The first kappa shape index (κ1) is 11.8. The monoisotopic (exact) mass is 248 g/mol. The van der Waals surface area contributed by atoms with Crippen LogP contribution in [0.15, 0.2) is 36.9 Å². The van der Waals surface area contributed by atoms with Crippen LogP contribution in [0.25, 0.3) is 0 Å². The summed E-state index contributed by atoms with van der Waals surface area (Å²) in [6, 6.07) is 3.95. The third-order valence-corrected chi connectivity index (χ3v) is 2.67. The molecule has 2 aromatic rings. The first-order valence-corrected chi connectivity index (χ1v) is 5.80. The molecule has 0 amide bonds. The minimum Gasteiger partial charge on any atom is -0.340 e. The number of halogens is 1. The molecule has 0 atom stereocenters. The van der Waals surface area contributed by atoms with Crippen molar-refractivity contribution in [1.82, 2.24) is 15.0 Å². The zero-order valence-corrected chi connectivity index (χ0v) is 10.3. The molecule has 0 aromatic carbocycles. The Morgan fingerprint density at radius 3 is 2.35 bits per heavy atom. The molecule has 0 aliphatic heterocycles. The zero-order chi connectivity index (χ0) is 12.1. The second-order valence-electron chi connectivity index (χ2n) is 3.74. The zero-order valence-electron chi connectivity index (χ0n) is 9.55. The Balaban J connectivity index is 2.06. The Kier molecular flexibility index (Phi) is 3.88. The summed E-state index contributed by atoms with van der Waals surface area (Å²) in [7, 11) is 1.95. The van der Waals surface area contributed by atoms with Crippen molar-refractivity contribution in [2.45, 2.75) is 12.4 Å². The summed E-state index contributed by atoms with van der Waals surface area (Å²) in [5.74, 6) is 1.13. The quantitative estimate of drug-likeness (QED) is 0.779. The molecule has 0 unspecified atom stereocenters. The predicted molar refractivity (Wildman–Crippen MR) is 67.9 cm³/mol. The molecule has 0 saturated carbocycles. The van der Waals surface area contributed by atoms with Gasteiger partial charge < -0.3 is 4.90 Å². The molecule has 17 heavy (non-hydrogen) atoms. The van der Waals surface area contributed by atoms with Crippen LogP contribution < -0.4 is 4.90 Å². The molecular weight excluding hydrogens is 236 g/mol. The van der Waals surface area contributed by atoms with Crippen LogP contribution in [0.5, 0.6) is 0 Å². The van der Waals surface area contributed by atoms with Crippen LogP contribution in [-0.4, -0.2) is 22.0 Å². The Labute approximate surface area is 105 Å². The van der Waals surface area contributed by atoms with E-state index in [-0.39, 0.29) is 0 Å². The average molecular weight is 249 g/mol. The van der Waals surface area contributed by atoms with Gasteiger partial charge in [-0.2, -0.15) is 0 Å². The maximum absolute atomic E-state index is 5.69. The third kappa shape index (κ3) is 3.14. The Bertz CT molecular complexity index is 458. The molecule has 0 aliphatic rings. The highest BCUT2D eigenvalue weighted by Gasteiger charge is 2.04. The van der Waals surface area contributed by atoms with Crippen molar-refractivity contribution in [2.75, 3.05) is 11.9 Å². The molecule has 0 aliphatic carbocycles. The molecule has 2 aromatic heterocycles. The molecule has 0 fully saturated rings. The molecule has 0 N–H and O–H groups in total. The van der Waals surface area contributed by atoms with Gasteiger partial charge in [-0.15, -0.1) is 11.6 Å². The Hall–Kier alpha value is -1.68. The van der Waals surface area contributed by atoms with Crippen LogP contribution in [0.3, 0.4) is 0 Å². The van der Waals surface area contributed by atoms with Crippen LogP contribution in [0.4, 0.5) is 5.95 Å². The van der Waals surface area contributed by atoms with Gasteiger partial charge in [0.1, 0.15) is 0 Å². The van der Waals surface area contributed by atoms with E-state index in [1.165, 1.54) is 5.56 Å². The fourth-order valence-corrected chi connectivity index (χ4v) is 1.58. The van der Waals surface area contributed by atoms with Gasteiger partial charge in [0.25, 0.3) is 0 Å². The molecule has 2 rings (SSSR count). The van der Waals surface area contributed by atoms with Crippen molar-refractivity contribution in [3.8, 4) is 0 Å². The summed E-state index contributed by atoms with van der Waals surface area (Å²) in [5, 5.41) is 0. The van der Waals surface area contributed by atoms with E-state index in [2.05, 4.69) is 15.0 Å². The van der Waals surface area contributed by atoms with E-state index < -0.39 is 0 Å². The lowest BCUT2D eigenvalue weighted by Crippen LogP contribution is -2.19. The highest BCUT2D eigenvalue weighted by Crippen LogP contribution is 2.10. The molecule has 5 heteroatoms. The summed E-state index contributed by atoms with van der Waals surface area (Å²) in [5.41, 5.74) is 2.10. The summed E-state index contributed by atoms with van der Waals surface area (Å²) < 4.78 is 0. The van der Waals surface area contributed by atoms with Crippen LogP contribution >= 0.6 is 11.6 Å². The number of alkyl halides is 1. The summed E-state index contributed by atoms with van der Waals surface area (Å²) in [6.45, 7) is 0.753. The first-order chi connectivity index (χ1) is 8.29. The van der Waals surface area contributed by atoms with Crippen molar-refractivity contribution in [3.05, 3.63) is 48.0 Å². The van der Waals surface area contributed by atoms with E-state index in [1.54, 1.807) is 24.8 Å². The number of anilines is 1. The topological polar surface area (TPSA) is 41.9 Å². The highest BCUT2D eigenvalue weighted by atomic mass is 35.5. The molecule has 0 spiro atoms. The summed E-state index contributed by atoms with van der Waals surface area (Å²) in [4.78, 5) is 14.5. The van der Waals surface area contributed by atoms with Gasteiger partial charge in [0, 0.05) is 43.9 Å². The maximum Gasteiger partial charge on any atom is 0.225 e. The van der Waals surface area contributed by atoms with Crippen molar-refractivity contribution < 1.29 is 0 Å². The average Bonchev–Trinajstić information content (AvgIpc) is 2.40. The van der Waals surface area contributed by atoms with Crippen molar-refractivity contribution >= 4 is 17.5 Å². The van der Waals surface area contributed by atoms with Crippen molar-refractivity contribution in [2.24, 2.45) is 0 Å². The second kappa shape index (κ2) is 5.59. The van der Waals surface area contributed by atoms with Gasteiger partial charge in [-0.05, 0) is 17.7 Å². The van der Waals surface area contributed by atoms with E-state index in [0.717, 1.165) is 12.1 Å². The Morgan fingerprint density at radius 2 is 1.76 bits per heavy atom. The SMILES string of the molecule is CN(Cc1ccncc1)c1ncc(CCl)cn1. The summed E-state index contributed by atoms with van der Waals surface area (Å²) in [6.07, 6.45) is 7.05. The van der Waals surface area contributed by atoms with Gasteiger partial charge in [-0.25, -0.2) is 9.97 Å². The molecule has 0 radical (unpaired) electrons. The number of pyridine rings is 1. The summed E-state index contributed by atoms with van der Waals surface area (Å²) >= 11 is 5.69. The lowest BCUT2D eigenvalue weighted by atomic mass is 10.2. The van der Waals surface area contributed by atoms with Crippen LogP contribution in [0.2, 0.25) is 0 Å². The lowest BCUT2D eigenvalue weighted by molar-refractivity contribution is 0.861. The minimum absolute atomic E-state index is 0.439. The number of aromatic nitrogens is 3. The molecular formula is C12H13ClN4. The smallest absolute Gasteiger partial charge is 0.225 e. The minimum atomic E-state index is 0.439. The van der Waals surface area contributed by atoms with Crippen molar-refractivity contribution in [1.29, 1.82) is 0 Å². The number of hydrogen-bond donors (Lipinski definition) is 0. The maximum atomic E-state index is 5.69. The first-order valence-electron chi connectivity index (χ1n) is 5.26. The fourth-order valence-electron chi connectivity index (χ4n) is 1.45. The van der Waals surface area contributed by atoms with Gasteiger partial charge in [0.05, 0.1) is 5.88 Å². The van der Waals surface area contributed by atoms with E-state index >= 15 is 0 Å². The lowest BCUT2D eigenvalue weighted by Gasteiger charge is -2.16. The number of nitrogens with zero attached hydrogens (tertiary/aromatic N) is 4. The fraction of sp³-hybridized carbons (Fsp3) is 0.250. The normalized spacial score (nSPS) is 10.2. The third-order valence-electron chi connectivity index (χ3n) is 2.36. The largest absolute Gasteiger partial charge is 0.340 e. The van der Waals surface area contributed by atoms with E-state index in [0.29, 0.717) is 11.8 Å². The standard InChI is InChI=1S/C12H13ClN4/c1-17(9-10-2-4-14-5-3-10)12-15-7-11(6-13)8-16-12/h2-5,7-8H,6,9H2,1H3. The molecule has 0 saturated heterocycles. The molecule has 4 nitrogen and oxygen atoms in total. The van der Waals surface area contributed by atoms with Gasteiger partial charge in [-0.1, -0.05) is 0 Å². The Morgan fingerprint density at radius 1 is 1.12 bits per heavy atom. The van der Waals surface area contributed by atoms with E-state index in [4.69, 9.17) is 11.6 Å². The number of hydrogen-bond acceptors (Lipinski definition) is 4. The van der Waals surface area contributed by atoms with Crippen molar-refractivity contribution in [3.63, 3.8) is 0 Å². The van der Waals surface area contributed by atoms with E-state index in [9.17, 15) is 0 Å². The van der Waals surface area contributed by atoms with Crippen LogP contribution in [-0.2, 0) is 12.4 Å². The molecule has 2 heterocycles. The van der Waals surface area contributed by atoms with E-state index in [1.807, 2.05) is 24.1 Å². The van der Waals surface area contributed by atoms with Gasteiger partial charge >= 0.3 is 0 Å². The molecule has 0 bridgehead atoms.